The number of hydrogen-bond acceptors (Lipinski definition) is 5. The van der Waals surface area contributed by atoms with Crippen molar-refractivity contribution < 1.29 is 24.3 Å². The number of rotatable bonds is 6. The fourth-order valence-corrected chi connectivity index (χ4v) is 3.20. The molecule has 0 radical (unpaired) electrons. The number of Topliss-reactive ketones (excluding diaryl/α,β-unsaturated/α-hetero) is 1. The van der Waals surface area contributed by atoms with Gasteiger partial charge in [-0.3, -0.25) is 14.6 Å². The third-order valence-electron chi connectivity index (χ3n) is 4.72. The standard InChI is InChI=1S/C21H23N3O4/c1-23(2)12-13-24-18(16-6-4-5-11-22-16)17(20(26)21(24)27)19(25)14-7-9-15(28-3)10-8-14/h4-11,18,25H,12-13H2,1-3H3/p+1/t18-/m1/s1. The number of nitrogens with one attached hydrogen (secondary N) is 1. The minimum absolute atomic E-state index is 0.0580. The number of methoxy groups -OCH3 is 1. The minimum Gasteiger partial charge on any atom is -0.507 e. The van der Waals surface area contributed by atoms with Gasteiger partial charge in [0.15, 0.2) is 0 Å². The van der Waals surface area contributed by atoms with Gasteiger partial charge in [0, 0.05) is 11.8 Å². The van der Waals surface area contributed by atoms with Crippen molar-refractivity contribution in [1.29, 1.82) is 0 Å². The van der Waals surface area contributed by atoms with Gasteiger partial charge in [-0.05, 0) is 36.4 Å². The van der Waals surface area contributed by atoms with Gasteiger partial charge in [0.1, 0.15) is 17.6 Å². The van der Waals surface area contributed by atoms with Crippen molar-refractivity contribution in [2.24, 2.45) is 0 Å². The third kappa shape index (κ3) is 3.75. The summed E-state index contributed by atoms with van der Waals surface area (Å²) in [6.45, 7) is 1.05. The quantitative estimate of drug-likeness (QED) is 0.436. The number of likely N-dealkylation sites (N-methyl/N-ethyl adjacent to an activating group) is 1. The van der Waals surface area contributed by atoms with Gasteiger partial charge in [0.25, 0.3) is 11.7 Å². The van der Waals surface area contributed by atoms with Crippen LogP contribution in [0.5, 0.6) is 5.75 Å². The van der Waals surface area contributed by atoms with Gasteiger partial charge >= 0.3 is 0 Å². The number of ether oxygens (including phenoxy) is 1. The minimum atomic E-state index is -0.720. The second kappa shape index (κ2) is 8.22. The number of carbonyl (C=O) groups is 2. The highest BCUT2D eigenvalue weighted by Gasteiger charge is 2.46. The Morgan fingerprint density at radius 1 is 1.18 bits per heavy atom. The lowest BCUT2D eigenvalue weighted by Gasteiger charge is -2.24. The number of hydrogen-bond donors (Lipinski definition) is 2. The predicted octanol–water partition coefficient (Wildman–Crippen LogP) is 0.656. The zero-order valence-electron chi connectivity index (χ0n) is 16.2. The molecule has 2 N–H and O–H groups in total. The molecule has 2 aromatic rings. The highest BCUT2D eigenvalue weighted by Crippen LogP contribution is 2.38. The molecule has 28 heavy (non-hydrogen) atoms. The van der Waals surface area contributed by atoms with E-state index in [9.17, 15) is 14.7 Å². The fourth-order valence-electron chi connectivity index (χ4n) is 3.20. The first-order chi connectivity index (χ1) is 13.4. The van der Waals surface area contributed by atoms with E-state index in [2.05, 4.69) is 4.98 Å². The number of quaternary nitrogens is 1. The molecule has 1 atom stereocenters. The molecule has 0 saturated carbocycles. The van der Waals surface area contributed by atoms with E-state index in [4.69, 9.17) is 4.74 Å². The molecule has 0 unspecified atom stereocenters. The predicted molar refractivity (Wildman–Crippen MR) is 104 cm³/mol. The molecule has 0 spiro atoms. The number of ketones is 1. The van der Waals surface area contributed by atoms with Crippen LogP contribution in [-0.4, -0.2) is 61.0 Å². The summed E-state index contributed by atoms with van der Waals surface area (Å²) >= 11 is 0. The summed E-state index contributed by atoms with van der Waals surface area (Å²) in [5, 5.41) is 10.9. The summed E-state index contributed by atoms with van der Waals surface area (Å²) in [5.74, 6) is -0.895. The number of benzene rings is 1. The molecule has 1 aromatic heterocycles. The summed E-state index contributed by atoms with van der Waals surface area (Å²) in [5.41, 5.74) is 1.05. The van der Waals surface area contributed by atoms with Gasteiger partial charge in [0.05, 0.1) is 45.6 Å². The van der Waals surface area contributed by atoms with Crippen LogP contribution in [0.25, 0.3) is 5.76 Å². The molecular weight excluding hydrogens is 358 g/mol. The lowest BCUT2D eigenvalue weighted by molar-refractivity contribution is -0.857. The molecule has 7 heteroatoms. The molecule has 3 rings (SSSR count). The SMILES string of the molecule is COc1ccc(C(O)=C2C(=O)C(=O)N(CC[NH+](C)C)[C@@H]2c2ccccn2)cc1. The number of pyridine rings is 1. The maximum Gasteiger partial charge on any atom is 0.295 e. The van der Waals surface area contributed by atoms with Crippen molar-refractivity contribution in [2.45, 2.75) is 6.04 Å². The Balaban J connectivity index is 2.10. The first kappa shape index (κ1) is 19.6. The van der Waals surface area contributed by atoms with Gasteiger partial charge in [-0.1, -0.05) is 6.07 Å². The van der Waals surface area contributed by atoms with E-state index in [-0.39, 0.29) is 11.3 Å². The number of likely N-dealkylation sites (tertiary alicyclic amines) is 1. The topological polar surface area (TPSA) is 84.2 Å². The van der Waals surface area contributed by atoms with Crippen LogP contribution in [0, 0.1) is 0 Å². The highest BCUT2D eigenvalue weighted by molar-refractivity contribution is 6.46. The van der Waals surface area contributed by atoms with Crippen LogP contribution >= 0.6 is 0 Å². The number of aromatic nitrogens is 1. The maximum absolute atomic E-state index is 12.8. The van der Waals surface area contributed by atoms with Crippen molar-refractivity contribution in [1.82, 2.24) is 9.88 Å². The van der Waals surface area contributed by atoms with E-state index in [0.29, 0.717) is 30.1 Å². The van der Waals surface area contributed by atoms with Crippen LogP contribution < -0.4 is 9.64 Å². The van der Waals surface area contributed by atoms with Gasteiger partial charge in [-0.2, -0.15) is 0 Å². The van der Waals surface area contributed by atoms with Crippen molar-refractivity contribution in [3.63, 3.8) is 0 Å². The van der Waals surface area contributed by atoms with E-state index in [1.165, 1.54) is 4.90 Å². The van der Waals surface area contributed by atoms with Crippen molar-refractivity contribution in [2.75, 3.05) is 34.3 Å². The molecule has 7 nitrogen and oxygen atoms in total. The molecule has 146 valence electrons. The molecule has 1 aliphatic rings. The van der Waals surface area contributed by atoms with Gasteiger partial charge in [-0.25, -0.2) is 0 Å². The Bertz CT molecular complexity index is 892. The average Bonchev–Trinajstić information content (AvgIpc) is 2.97. The van der Waals surface area contributed by atoms with Crippen molar-refractivity contribution in [3.8, 4) is 5.75 Å². The molecular formula is C21H24N3O4+. The van der Waals surface area contributed by atoms with Gasteiger partial charge in [0.2, 0.25) is 0 Å². The van der Waals surface area contributed by atoms with Crippen molar-refractivity contribution in [3.05, 3.63) is 65.5 Å². The van der Waals surface area contributed by atoms with E-state index in [1.807, 2.05) is 14.1 Å². The van der Waals surface area contributed by atoms with Crippen LogP contribution in [0.15, 0.2) is 54.2 Å². The van der Waals surface area contributed by atoms with Crippen LogP contribution in [0.2, 0.25) is 0 Å². The Morgan fingerprint density at radius 3 is 2.46 bits per heavy atom. The summed E-state index contributed by atoms with van der Waals surface area (Å²) in [4.78, 5) is 32.5. The summed E-state index contributed by atoms with van der Waals surface area (Å²) in [6, 6.07) is 11.3. The Hall–Kier alpha value is -3.19. The van der Waals surface area contributed by atoms with Crippen molar-refractivity contribution >= 4 is 17.4 Å². The molecule has 0 bridgehead atoms. The second-order valence-corrected chi connectivity index (χ2v) is 6.93. The zero-order chi connectivity index (χ0) is 20.3. The van der Waals surface area contributed by atoms with E-state index in [0.717, 1.165) is 4.90 Å². The normalized spacial score (nSPS) is 18.7. The van der Waals surface area contributed by atoms with Gasteiger partial charge < -0.3 is 19.6 Å². The molecule has 1 amide bonds. The first-order valence-corrected chi connectivity index (χ1v) is 9.07. The number of amides is 1. The van der Waals surface area contributed by atoms with E-state index < -0.39 is 17.7 Å². The van der Waals surface area contributed by atoms with Crippen LogP contribution in [0.4, 0.5) is 0 Å². The average molecular weight is 382 g/mol. The lowest BCUT2D eigenvalue weighted by atomic mass is 9.98. The number of nitrogens with zero attached hydrogens (tertiary/aromatic N) is 2. The molecule has 0 aliphatic carbocycles. The maximum atomic E-state index is 12.8. The smallest absolute Gasteiger partial charge is 0.295 e. The molecule has 1 fully saturated rings. The van der Waals surface area contributed by atoms with Crippen LogP contribution in [0.1, 0.15) is 17.3 Å². The summed E-state index contributed by atoms with van der Waals surface area (Å²) < 4.78 is 5.14. The van der Waals surface area contributed by atoms with E-state index in [1.54, 1.807) is 55.8 Å². The Kier molecular flexibility index (Phi) is 5.75. The van der Waals surface area contributed by atoms with Crippen LogP contribution in [0.3, 0.4) is 0 Å². The Morgan fingerprint density at radius 2 is 1.89 bits per heavy atom. The molecule has 1 aromatic carbocycles. The largest absolute Gasteiger partial charge is 0.507 e. The Labute approximate surface area is 163 Å². The highest BCUT2D eigenvalue weighted by atomic mass is 16.5. The van der Waals surface area contributed by atoms with Gasteiger partial charge in [-0.15, -0.1) is 0 Å². The molecule has 1 saturated heterocycles. The molecule has 1 aliphatic heterocycles. The third-order valence-corrected chi connectivity index (χ3v) is 4.72. The zero-order valence-corrected chi connectivity index (χ0v) is 16.2. The number of carbonyl (C=O) groups excluding carboxylic acids is 2. The lowest BCUT2D eigenvalue weighted by Crippen LogP contribution is -3.06. The summed E-state index contributed by atoms with van der Waals surface area (Å²) in [7, 11) is 5.50. The first-order valence-electron chi connectivity index (χ1n) is 9.07. The number of aliphatic hydroxyl groups is 1. The second-order valence-electron chi connectivity index (χ2n) is 6.93. The van der Waals surface area contributed by atoms with E-state index >= 15 is 0 Å². The van der Waals surface area contributed by atoms with Crippen LogP contribution in [-0.2, 0) is 9.59 Å². The monoisotopic (exact) mass is 382 g/mol. The summed E-state index contributed by atoms with van der Waals surface area (Å²) in [6.07, 6.45) is 1.61. The number of aliphatic hydroxyl groups excluding tert-OH is 1. The molecule has 2 heterocycles. The fraction of sp³-hybridized carbons (Fsp3) is 0.286.